The Kier molecular flexibility index (Phi) is 5.83. The average molecular weight is 440 g/mol. The average Bonchev–Trinajstić information content (AvgIpc) is 3.32. The van der Waals surface area contributed by atoms with E-state index in [4.69, 9.17) is 9.72 Å². The van der Waals surface area contributed by atoms with Crippen molar-refractivity contribution in [2.75, 3.05) is 18.4 Å². The number of nitrogens with one attached hydrogen (secondary N) is 1. The molecule has 0 radical (unpaired) electrons. The van der Waals surface area contributed by atoms with Crippen molar-refractivity contribution in [2.24, 2.45) is 7.05 Å². The molecule has 4 heterocycles. The molecule has 1 amide bonds. The van der Waals surface area contributed by atoms with Gasteiger partial charge < -0.3 is 15.0 Å². The van der Waals surface area contributed by atoms with Crippen LogP contribution in [0.25, 0.3) is 16.8 Å². The summed E-state index contributed by atoms with van der Waals surface area (Å²) in [5, 5.41) is 12.4. The second kappa shape index (κ2) is 8.44. The molecule has 1 aliphatic rings. The van der Waals surface area contributed by atoms with Gasteiger partial charge in [0.25, 0.3) is 0 Å². The molecule has 9 heteroatoms. The zero-order valence-corrected chi connectivity index (χ0v) is 19.8. The first kappa shape index (κ1) is 22.1. The first-order valence-electron chi connectivity index (χ1n) is 11.2. The summed E-state index contributed by atoms with van der Waals surface area (Å²) < 4.78 is 9.23. The van der Waals surface area contributed by atoms with Crippen molar-refractivity contribution in [3.8, 4) is 11.1 Å². The van der Waals surface area contributed by atoms with Crippen molar-refractivity contribution in [1.82, 2.24) is 29.3 Å². The number of hydrogen-bond donors (Lipinski definition) is 1. The van der Waals surface area contributed by atoms with Crippen LogP contribution in [-0.4, -0.2) is 60.1 Å². The number of hydrogen-bond acceptors (Lipinski definition) is 6. The number of aryl methyl sites for hydroxylation is 1. The number of carbonyl (C=O) groups is 1. The number of carbonyl (C=O) groups excluding carboxylic acids is 1. The van der Waals surface area contributed by atoms with Gasteiger partial charge >= 0.3 is 6.09 Å². The number of nitrogens with zero attached hydrogens (tertiary/aromatic N) is 6. The highest BCUT2D eigenvalue weighted by molar-refractivity contribution is 5.77. The van der Waals surface area contributed by atoms with Crippen molar-refractivity contribution >= 4 is 17.6 Å². The molecule has 0 spiro atoms. The Labute approximate surface area is 188 Å². The monoisotopic (exact) mass is 439 g/mol. The lowest BCUT2D eigenvalue weighted by atomic mass is 9.94. The van der Waals surface area contributed by atoms with Crippen LogP contribution >= 0.6 is 0 Å². The van der Waals surface area contributed by atoms with E-state index in [9.17, 15) is 4.79 Å². The van der Waals surface area contributed by atoms with Crippen LogP contribution in [0.15, 0.2) is 24.7 Å². The van der Waals surface area contributed by atoms with Gasteiger partial charge in [-0.3, -0.25) is 4.68 Å². The molecule has 32 heavy (non-hydrogen) atoms. The van der Waals surface area contributed by atoms with E-state index in [1.165, 1.54) is 0 Å². The molecule has 0 aromatic carbocycles. The molecule has 1 atom stereocenters. The molecule has 3 aromatic rings. The molecule has 1 fully saturated rings. The predicted octanol–water partition coefficient (Wildman–Crippen LogP) is 4.06. The van der Waals surface area contributed by atoms with E-state index < -0.39 is 5.60 Å². The second-order valence-electron chi connectivity index (χ2n) is 9.83. The molecule has 1 N–H and O–H groups in total. The fourth-order valence-corrected chi connectivity index (χ4v) is 4.06. The Morgan fingerprint density at radius 2 is 2.03 bits per heavy atom. The number of rotatable bonds is 4. The molecule has 172 valence electrons. The second-order valence-corrected chi connectivity index (χ2v) is 9.83. The minimum Gasteiger partial charge on any atom is -0.444 e. The number of anilines is 1. The summed E-state index contributed by atoms with van der Waals surface area (Å²) in [6, 6.07) is 2.31. The molecule has 9 nitrogen and oxygen atoms in total. The summed E-state index contributed by atoms with van der Waals surface area (Å²) >= 11 is 0. The zero-order valence-electron chi connectivity index (χ0n) is 19.8. The van der Waals surface area contributed by atoms with Gasteiger partial charge in [0.2, 0.25) is 0 Å². The van der Waals surface area contributed by atoms with Gasteiger partial charge in [0.1, 0.15) is 11.4 Å². The number of aromatic nitrogens is 5. The van der Waals surface area contributed by atoms with Crippen LogP contribution in [0.1, 0.15) is 59.1 Å². The highest BCUT2D eigenvalue weighted by Crippen LogP contribution is 2.31. The fourth-order valence-electron chi connectivity index (χ4n) is 4.06. The van der Waals surface area contributed by atoms with E-state index in [-0.39, 0.29) is 18.1 Å². The van der Waals surface area contributed by atoms with E-state index >= 15 is 0 Å². The molecular weight excluding hydrogens is 406 g/mol. The normalized spacial score (nSPS) is 17.2. The molecule has 1 aliphatic heterocycles. The number of ether oxygens (including phenoxy) is 1. The van der Waals surface area contributed by atoms with Gasteiger partial charge in [-0.2, -0.15) is 14.7 Å². The van der Waals surface area contributed by atoms with Crippen LogP contribution in [-0.2, 0) is 11.8 Å². The van der Waals surface area contributed by atoms with Crippen molar-refractivity contribution < 1.29 is 9.53 Å². The lowest BCUT2D eigenvalue weighted by Gasteiger charge is -2.34. The summed E-state index contributed by atoms with van der Waals surface area (Å²) in [4.78, 5) is 19.5. The minimum atomic E-state index is -0.508. The third-order valence-electron chi connectivity index (χ3n) is 5.44. The Morgan fingerprint density at radius 1 is 1.25 bits per heavy atom. The quantitative estimate of drug-likeness (QED) is 0.659. The summed E-state index contributed by atoms with van der Waals surface area (Å²) in [6.45, 7) is 11.2. The lowest BCUT2D eigenvalue weighted by Crippen LogP contribution is -2.42. The summed E-state index contributed by atoms with van der Waals surface area (Å²) in [6.07, 6.45) is 7.25. The van der Waals surface area contributed by atoms with Crippen LogP contribution in [0, 0.1) is 0 Å². The molecule has 1 saturated heterocycles. The van der Waals surface area contributed by atoms with Gasteiger partial charge in [-0.15, -0.1) is 0 Å². The maximum atomic E-state index is 12.7. The number of piperidine rings is 1. The van der Waals surface area contributed by atoms with Crippen molar-refractivity contribution in [3.63, 3.8) is 0 Å². The van der Waals surface area contributed by atoms with Crippen LogP contribution < -0.4 is 5.32 Å². The van der Waals surface area contributed by atoms with Gasteiger partial charge in [-0.25, -0.2) is 9.78 Å². The smallest absolute Gasteiger partial charge is 0.410 e. The Morgan fingerprint density at radius 3 is 2.69 bits per heavy atom. The summed E-state index contributed by atoms with van der Waals surface area (Å²) in [5.74, 6) is 1.02. The first-order chi connectivity index (χ1) is 15.1. The number of likely N-dealkylation sites (tertiary alicyclic amines) is 1. The maximum Gasteiger partial charge on any atom is 0.410 e. The molecule has 0 bridgehead atoms. The van der Waals surface area contributed by atoms with Crippen LogP contribution in [0.2, 0.25) is 0 Å². The van der Waals surface area contributed by atoms with E-state index in [0.29, 0.717) is 13.1 Å². The lowest BCUT2D eigenvalue weighted by molar-refractivity contribution is 0.0197. The van der Waals surface area contributed by atoms with Crippen molar-refractivity contribution in [2.45, 2.75) is 65.0 Å². The summed E-state index contributed by atoms with van der Waals surface area (Å²) in [7, 11) is 1.90. The highest BCUT2D eigenvalue weighted by Gasteiger charge is 2.30. The largest absolute Gasteiger partial charge is 0.444 e. The number of fused-ring (bicyclic) bond motifs is 1. The maximum absolute atomic E-state index is 12.7. The molecule has 3 aromatic heterocycles. The van der Waals surface area contributed by atoms with Crippen LogP contribution in [0.5, 0.6) is 0 Å². The third-order valence-corrected chi connectivity index (χ3v) is 5.44. The van der Waals surface area contributed by atoms with Gasteiger partial charge in [-0.05, 0) is 47.5 Å². The first-order valence-corrected chi connectivity index (χ1v) is 11.2. The zero-order chi connectivity index (χ0) is 23.0. The van der Waals surface area contributed by atoms with Gasteiger partial charge in [0.15, 0.2) is 5.65 Å². The van der Waals surface area contributed by atoms with Crippen molar-refractivity contribution in [1.29, 1.82) is 0 Å². The Balaban J connectivity index is 1.70. The molecular formula is C23H33N7O2. The standard InChI is InChI=1S/C23H33N7O2/c1-15(2)26-20-10-19(16-8-7-9-29(14-16)22(31)32-23(3,4)5)27-21-18(12-25-30(20)21)17-11-24-28(6)13-17/h10-13,15-16,26H,7-9,14H2,1-6H3. The van der Waals surface area contributed by atoms with Gasteiger partial charge in [-0.1, -0.05) is 0 Å². The van der Waals surface area contributed by atoms with E-state index in [0.717, 1.165) is 41.1 Å². The molecule has 0 aliphatic carbocycles. The van der Waals surface area contributed by atoms with E-state index in [1.807, 2.05) is 50.9 Å². The minimum absolute atomic E-state index is 0.130. The van der Waals surface area contributed by atoms with Crippen LogP contribution in [0.4, 0.5) is 10.6 Å². The molecule has 4 rings (SSSR count). The molecule has 0 saturated carbocycles. The Bertz CT molecular complexity index is 1110. The third kappa shape index (κ3) is 4.71. The van der Waals surface area contributed by atoms with Crippen LogP contribution in [0.3, 0.4) is 0 Å². The SMILES string of the molecule is CC(C)Nc1cc(C2CCCN(C(=O)OC(C)(C)C)C2)nc2c(-c3cnn(C)c3)cnn12. The Hall–Kier alpha value is -3.10. The molecule has 1 unspecified atom stereocenters. The van der Waals surface area contributed by atoms with Gasteiger partial charge in [0.05, 0.1) is 18.1 Å². The predicted molar refractivity (Wildman–Crippen MR) is 124 cm³/mol. The summed E-state index contributed by atoms with van der Waals surface area (Å²) in [5.41, 5.74) is 3.15. The van der Waals surface area contributed by atoms with E-state index in [1.54, 1.807) is 9.58 Å². The van der Waals surface area contributed by atoms with Crippen molar-refractivity contribution in [3.05, 3.63) is 30.4 Å². The fraction of sp³-hybridized carbons (Fsp3) is 0.565. The topological polar surface area (TPSA) is 89.6 Å². The van der Waals surface area contributed by atoms with E-state index in [2.05, 4.69) is 35.4 Å². The highest BCUT2D eigenvalue weighted by atomic mass is 16.6. The van der Waals surface area contributed by atoms with Gasteiger partial charge in [0, 0.05) is 55.5 Å². The number of amides is 1.